The monoisotopic (exact) mass is 494 g/mol. The minimum atomic E-state index is -4.52. The van der Waals surface area contributed by atoms with Crippen LogP contribution in [0.25, 0.3) is 17.1 Å². The van der Waals surface area contributed by atoms with Gasteiger partial charge in [-0.3, -0.25) is 9.78 Å². The average molecular weight is 494 g/mol. The summed E-state index contributed by atoms with van der Waals surface area (Å²) in [4.78, 5) is 26.4. The lowest BCUT2D eigenvalue weighted by atomic mass is 9.99. The van der Waals surface area contributed by atoms with Gasteiger partial charge in [0.15, 0.2) is 0 Å². The normalized spacial score (nSPS) is 15.9. The zero-order chi connectivity index (χ0) is 25.0. The van der Waals surface area contributed by atoms with Crippen molar-refractivity contribution in [3.63, 3.8) is 0 Å². The number of imidazole rings is 1. The zero-order valence-corrected chi connectivity index (χ0v) is 18.7. The molecule has 0 aromatic carbocycles. The van der Waals surface area contributed by atoms with E-state index >= 15 is 0 Å². The smallest absolute Gasteiger partial charge is 0.411 e. The third-order valence-corrected chi connectivity index (χ3v) is 6.12. The molecule has 6 heterocycles. The van der Waals surface area contributed by atoms with Gasteiger partial charge in [0, 0.05) is 31.1 Å². The molecule has 1 atom stereocenters. The molecule has 36 heavy (non-hydrogen) atoms. The van der Waals surface area contributed by atoms with E-state index in [2.05, 4.69) is 30.2 Å². The fourth-order valence-electron chi connectivity index (χ4n) is 4.33. The van der Waals surface area contributed by atoms with Gasteiger partial charge in [0.05, 0.1) is 28.8 Å². The molecule has 13 heteroatoms. The van der Waals surface area contributed by atoms with Crippen LogP contribution in [0.15, 0.2) is 53.5 Å². The highest BCUT2D eigenvalue weighted by molar-refractivity contribution is 5.90. The SMILES string of the molecule is Cc1cccn2nc([C@H]3c4nc[nH]c4CCN3C(=O)c3nnc(-c4ccc(C(F)(F)F)cn4)o3)cc12. The van der Waals surface area contributed by atoms with E-state index < -0.39 is 23.7 Å². The van der Waals surface area contributed by atoms with Gasteiger partial charge in [-0.1, -0.05) is 6.07 Å². The molecule has 6 rings (SSSR count). The molecule has 0 spiro atoms. The maximum atomic E-state index is 13.5. The maximum absolute atomic E-state index is 13.5. The van der Waals surface area contributed by atoms with Crippen molar-refractivity contribution in [3.8, 4) is 11.6 Å². The Morgan fingerprint density at radius 1 is 1.19 bits per heavy atom. The Labute approximate surface area is 200 Å². The number of nitrogens with zero attached hydrogens (tertiary/aromatic N) is 7. The molecule has 0 saturated heterocycles. The van der Waals surface area contributed by atoms with Gasteiger partial charge in [0.2, 0.25) is 0 Å². The van der Waals surface area contributed by atoms with E-state index in [1.54, 1.807) is 15.7 Å². The Morgan fingerprint density at radius 3 is 2.81 bits per heavy atom. The van der Waals surface area contributed by atoms with E-state index in [0.29, 0.717) is 30.6 Å². The zero-order valence-electron chi connectivity index (χ0n) is 18.7. The van der Waals surface area contributed by atoms with Crippen LogP contribution in [0.3, 0.4) is 0 Å². The molecule has 0 aliphatic carbocycles. The van der Waals surface area contributed by atoms with Crippen LogP contribution in [0.5, 0.6) is 0 Å². The van der Waals surface area contributed by atoms with Gasteiger partial charge in [-0.25, -0.2) is 9.50 Å². The molecule has 5 aromatic heterocycles. The molecule has 5 aromatic rings. The summed E-state index contributed by atoms with van der Waals surface area (Å²) in [7, 11) is 0. The van der Waals surface area contributed by atoms with Gasteiger partial charge in [0.1, 0.15) is 11.7 Å². The molecule has 10 nitrogen and oxygen atoms in total. The number of aromatic amines is 1. The third kappa shape index (κ3) is 3.59. The van der Waals surface area contributed by atoms with E-state index in [-0.39, 0.29) is 17.5 Å². The van der Waals surface area contributed by atoms with Crippen LogP contribution in [0.2, 0.25) is 0 Å². The summed E-state index contributed by atoms with van der Waals surface area (Å²) in [6.45, 7) is 2.31. The van der Waals surface area contributed by atoms with Crippen molar-refractivity contribution in [3.05, 3.63) is 83.2 Å². The summed E-state index contributed by atoms with van der Waals surface area (Å²) in [6.07, 6.45) is 0.0886. The number of carbonyl (C=O) groups excluding carboxylic acids is 1. The highest BCUT2D eigenvalue weighted by atomic mass is 19.4. The van der Waals surface area contributed by atoms with Crippen LogP contribution in [0.1, 0.15) is 44.9 Å². The van der Waals surface area contributed by atoms with Gasteiger partial charge in [-0.05, 0) is 36.8 Å². The highest BCUT2D eigenvalue weighted by Gasteiger charge is 2.38. The van der Waals surface area contributed by atoms with Gasteiger partial charge in [-0.2, -0.15) is 18.3 Å². The molecule has 0 fully saturated rings. The molecule has 1 amide bonds. The number of amides is 1. The molecule has 0 bridgehead atoms. The van der Waals surface area contributed by atoms with Crippen LogP contribution in [-0.4, -0.2) is 52.1 Å². The molecule has 0 radical (unpaired) electrons. The highest BCUT2D eigenvalue weighted by Crippen LogP contribution is 2.35. The summed E-state index contributed by atoms with van der Waals surface area (Å²) in [5.74, 6) is -1.02. The number of fused-ring (bicyclic) bond motifs is 2. The number of hydrogen-bond acceptors (Lipinski definition) is 7. The topological polar surface area (TPSA) is 118 Å². The van der Waals surface area contributed by atoms with Crippen molar-refractivity contribution >= 4 is 11.4 Å². The standard InChI is InChI=1S/C23H17F3N8O2/c1-12-3-2-7-34-17(12)9-16(32-34)19-18-14(28-11-29-18)6-8-33(19)22(35)21-31-30-20(36-21)15-5-4-13(10-27-15)23(24,25)26/h2-5,7,9-11,19H,6,8H2,1H3,(H,28,29)/t19-/m0/s1. The van der Waals surface area contributed by atoms with Crippen LogP contribution in [0, 0.1) is 6.92 Å². The second-order valence-electron chi connectivity index (χ2n) is 8.35. The summed E-state index contributed by atoms with van der Waals surface area (Å²) in [5, 5.41) is 12.3. The summed E-state index contributed by atoms with van der Waals surface area (Å²) in [6, 6.07) is 7.14. The molecule has 1 aliphatic heterocycles. The fourth-order valence-corrected chi connectivity index (χ4v) is 4.33. The number of hydrogen-bond donors (Lipinski definition) is 1. The molecule has 0 unspecified atom stereocenters. The first-order valence-electron chi connectivity index (χ1n) is 10.9. The Hall–Kier alpha value is -4.55. The summed E-state index contributed by atoms with van der Waals surface area (Å²) >= 11 is 0. The molecular weight excluding hydrogens is 477 g/mol. The summed E-state index contributed by atoms with van der Waals surface area (Å²) < 4.78 is 45.8. The predicted octanol–water partition coefficient (Wildman–Crippen LogP) is 3.62. The second kappa shape index (κ2) is 8.00. The number of halogens is 3. The first kappa shape index (κ1) is 21.9. The van der Waals surface area contributed by atoms with Crippen LogP contribution < -0.4 is 0 Å². The lowest BCUT2D eigenvalue weighted by Crippen LogP contribution is -2.41. The molecule has 182 valence electrons. The van der Waals surface area contributed by atoms with Gasteiger partial charge in [0.25, 0.3) is 5.89 Å². The minimum Gasteiger partial charge on any atom is -0.411 e. The number of carbonyl (C=O) groups is 1. The van der Waals surface area contributed by atoms with Crippen molar-refractivity contribution in [2.75, 3.05) is 6.54 Å². The third-order valence-electron chi connectivity index (χ3n) is 6.12. The predicted molar refractivity (Wildman–Crippen MR) is 118 cm³/mol. The largest absolute Gasteiger partial charge is 0.417 e. The molecule has 1 N–H and O–H groups in total. The van der Waals surface area contributed by atoms with Crippen molar-refractivity contribution in [1.82, 2.24) is 39.7 Å². The number of aryl methyl sites for hydroxylation is 1. The minimum absolute atomic E-state index is 0.0233. The van der Waals surface area contributed by atoms with Crippen molar-refractivity contribution < 1.29 is 22.4 Å². The number of aromatic nitrogens is 7. The first-order chi connectivity index (χ1) is 17.3. The number of pyridine rings is 2. The number of H-pyrrole nitrogens is 1. The van der Waals surface area contributed by atoms with E-state index in [1.807, 2.05) is 31.3 Å². The van der Waals surface area contributed by atoms with Gasteiger partial charge >= 0.3 is 18.0 Å². The van der Waals surface area contributed by atoms with Crippen molar-refractivity contribution in [2.24, 2.45) is 0 Å². The number of nitrogens with one attached hydrogen (secondary N) is 1. The molecule has 1 aliphatic rings. The maximum Gasteiger partial charge on any atom is 0.417 e. The van der Waals surface area contributed by atoms with Crippen LogP contribution in [-0.2, 0) is 12.6 Å². The van der Waals surface area contributed by atoms with E-state index in [9.17, 15) is 18.0 Å². The van der Waals surface area contributed by atoms with E-state index in [4.69, 9.17) is 4.42 Å². The average Bonchev–Trinajstić information content (AvgIpc) is 3.62. The Kier molecular flexibility index (Phi) is 4.88. The second-order valence-corrected chi connectivity index (χ2v) is 8.35. The Bertz CT molecular complexity index is 1580. The van der Waals surface area contributed by atoms with Crippen molar-refractivity contribution in [2.45, 2.75) is 25.6 Å². The molecule has 0 saturated carbocycles. The van der Waals surface area contributed by atoms with Crippen LogP contribution in [0.4, 0.5) is 13.2 Å². The lowest BCUT2D eigenvalue weighted by molar-refractivity contribution is -0.137. The first-order valence-corrected chi connectivity index (χ1v) is 10.9. The van der Waals surface area contributed by atoms with Crippen LogP contribution >= 0.6 is 0 Å². The summed E-state index contributed by atoms with van der Waals surface area (Å²) in [5.41, 5.74) is 3.23. The van der Waals surface area contributed by atoms with Gasteiger partial charge in [-0.15, -0.1) is 10.2 Å². The fraction of sp³-hybridized carbons (Fsp3) is 0.217. The van der Waals surface area contributed by atoms with E-state index in [0.717, 1.165) is 28.9 Å². The quantitative estimate of drug-likeness (QED) is 0.407. The van der Waals surface area contributed by atoms with Gasteiger partial charge < -0.3 is 14.3 Å². The van der Waals surface area contributed by atoms with E-state index in [1.165, 1.54) is 0 Å². The molecular formula is C23H17F3N8O2. The number of alkyl halides is 3. The van der Waals surface area contributed by atoms with Crippen molar-refractivity contribution in [1.29, 1.82) is 0 Å². The Balaban J connectivity index is 1.35. The lowest BCUT2D eigenvalue weighted by Gasteiger charge is -2.32. The Morgan fingerprint density at radius 2 is 2.06 bits per heavy atom. The number of rotatable bonds is 3.